The van der Waals surface area contributed by atoms with E-state index in [1.165, 1.54) is 0 Å². The van der Waals surface area contributed by atoms with Gasteiger partial charge in [-0.25, -0.2) is 0 Å². The van der Waals surface area contributed by atoms with E-state index >= 15 is 0 Å². The zero-order valence-corrected chi connectivity index (χ0v) is 18.1. The molecule has 34 heavy (non-hydrogen) atoms. The Hall–Kier alpha value is -4.78. The van der Waals surface area contributed by atoms with Crippen LogP contribution < -0.4 is 5.32 Å². The van der Waals surface area contributed by atoms with Crippen LogP contribution in [-0.2, 0) is 11.2 Å². The number of carbonyl (C=O) groups is 1. The van der Waals surface area contributed by atoms with Gasteiger partial charge in [-0.2, -0.15) is 5.10 Å². The van der Waals surface area contributed by atoms with Crippen molar-refractivity contribution < 1.29 is 4.79 Å². The van der Waals surface area contributed by atoms with Gasteiger partial charge in [-0.05, 0) is 41.5 Å². The topological polar surface area (TPSA) is 99.3 Å². The fourth-order valence-corrected chi connectivity index (χ4v) is 4.15. The van der Waals surface area contributed by atoms with Crippen LogP contribution in [0, 0.1) is 0 Å². The van der Waals surface area contributed by atoms with E-state index in [2.05, 4.69) is 42.6 Å². The van der Waals surface area contributed by atoms with E-state index in [0.29, 0.717) is 12.1 Å². The monoisotopic (exact) mass is 444 g/mol. The molecule has 0 radical (unpaired) electrons. The van der Waals surface area contributed by atoms with Crippen LogP contribution in [-0.4, -0.2) is 31.1 Å². The van der Waals surface area contributed by atoms with Crippen LogP contribution >= 0.6 is 0 Å². The highest BCUT2D eigenvalue weighted by molar-refractivity contribution is 5.98. The normalized spacial score (nSPS) is 11.2. The smallest absolute Gasteiger partial charge is 0.228 e. The molecule has 0 aliphatic carbocycles. The highest BCUT2D eigenvalue weighted by atomic mass is 16.1. The van der Waals surface area contributed by atoms with Crippen molar-refractivity contribution >= 4 is 33.4 Å². The van der Waals surface area contributed by atoms with Crippen LogP contribution in [0.15, 0.2) is 91.5 Å². The first-order valence-electron chi connectivity index (χ1n) is 10.9. The number of aromatic amines is 2. The molecule has 2 aromatic carbocycles. The summed E-state index contributed by atoms with van der Waals surface area (Å²) in [5, 5.41) is 12.6. The number of carbonyl (C=O) groups excluding carboxylic acids is 1. The standard InChI is InChI=1S/C27H20N6O/c34-26(10-17-4-2-1-3-5-17)30-21-11-19(14-29-16-21)18-6-7-24-22(12-18)27(33-32-24)25-13-20-15-28-9-8-23(20)31-25/h1-9,11-16,31H,10H2,(H,30,34)(H,32,33). The molecule has 0 fully saturated rings. The third kappa shape index (κ3) is 3.80. The van der Waals surface area contributed by atoms with Crippen molar-refractivity contribution in [1.29, 1.82) is 0 Å². The summed E-state index contributed by atoms with van der Waals surface area (Å²) < 4.78 is 0. The van der Waals surface area contributed by atoms with Crippen molar-refractivity contribution in [3.8, 4) is 22.5 Å². The van der Waals surface area contributed by atoms with Crippen LogP contribution in [0.1, 0.15) is 5.56 Å². The van der Waals surface area contributed by atoms with Crippen LogP contribution in [0.25, 0.3) is 44.3 Å². The molecule has 1 amide bonds. The Bertz CT molecular complexity index is 1600. The first kappa shape index (κ1) is 19.9. The lowest BCUT2D eigenvalue weighted by Crippen LogP contribution is -2.14. The molecule has 6 aromatic rings. The Morgan fingerprint density at radius 1 is 0.853 bits per heavy atom. The molecule has 6 rings (SSSR count). The fraction of sp³-hybridized carbons (Fsp3) is 0.0370. The summed E-state index contributed by atoms with van der Waals surface area (Å²) in [6, 6.07) is 21.7. The van der Waals surface area contributed by atoms with Gasteiger partial charge in [0.2, 0.25) is 5.91 Å². The first-order chi connectivity index (χ1) is 16.7. The number of H-pyrrole nitrogens is 2. The Morgan fingerprint density at radius 3 is 2.65 bits per heavy atom. The van der Waals surface area contributed by atoms with E-state index in [0.717, 1.165) is 49.9 Å². The van der Waals surface area contributed by atoms with Crippen LogP contribution in [0.4, 0.5) is 5.69 Å². The summed E-state index contributed by atoms with van der Waals surface area (Å²) in [7, 11) is 0. The highest BCUT2D eigenvalue weighted by Crippen LogP contribution is 2.32. The number of hydrogen-bond donors (Lipinski definition) is 3. The second-order valence-electron chi connectivity index (χ2n) is 8.15. The number of fused-ring (bicyclic) bond motifs is 2. The minimum absolute atomic E-state index is 0.0778. The Morgan fingerprint density at radius 2 is 1.76 bits per heavy atom. The maximum Gasteiger partial charge on any atom is 0.228 e. The molecule has 0 saturated carbocycles. The average molecular weight is 444 g/mol. The molecule has 4 aromatic heterocycles. The number of anilines is 1. The van der Waals surface area contributed by atoms with E-state index in [-0.39, 0.29) is 5.91 Å². The zero-order valence-electron chi connectivity index (χ0n) is 18.1. The Kier molecular flexibility index (Phi) is 4.85. The lowest BCUT2D eigenvalue weighted by atomic mass is 10.0. The van der Waals surface area contributed by atoms with Crippen LogP contribution in [0.3, 0.4) is 0 Å². The van der Waals surface area contributed by atoms with Crippen molar-refractivity contribution in [2.24, 2.45) is 0 Å². The van der Waals surface area contributed by atoms with Crippen molar-refractivity contribution in [3.05, 3.63) is 97.1 Å². The molecule has 0 saturated heterocycles. The van der Waals surface area contributed by atoms with Gasteiger partial charge in [0.15, 0.2) is 0 Å². The molecule has 3 N–H and O–H groups in total. The van der Waals surface area contributed by atoms with E-state index in [4.69, 9.17) is 0 Å². The summed E-state index contributed by atoms with van der Waals surface area (Å²) in [4.78, 5) is 24.4. The molecule has 0 aliphatic rings. The van der Waals surface area contributed by atoms with Crippen LogP contribution in [0.5, 0.6) is 0 Å². The Balaban J connectivity index is 1.30. The van der Waals surface area contributed by atoms with E-state index in [1.54, 1.807) is 18.6 Å². The summed E-state index contributed by atoms with van der Waals surface area (Å²) in [6.45, 7) is 0. The lowest BCUT2D eigenvalue weighted by molar-refractivity contribution is -0.115. The summed E-state index contributed by atoms with van der Waals surface area (Å²) in [5.41, 5.74) is 7.24. The van der Waals surface area contributed by atoms with Gasteiger partial charge in [0.1, 0.15) is 5.69 Å². The third-order valence-corrected chi connectivity index (χ3v) is 5.80. The second-order valence-corrected chi connectivity index (χ2v) is 8.15. The van der Waals surface area contributed by atoms with Crippen molar-refractivity contribution in [2.75, 3.05) is 5.32 Å². The molecule has 0 unspecified atom stereocenters. The quantitative estimate of drug-likeness (QED) is 0.334. The molecular formula is C27H20N6O. The largest absolute Gasteiger partial charge is 0.353 e. The van der Waals surface area contributed by atoms with E-state index in [1.807, 2.05) is 60.8 Å². The zero-order chi connectivity index (χ0) is 22.9. The molecule has 0 atom stereocenters. The van der Waals surface area contributed by atoms with Gasteiger partial charge >= 0.3 is 0 Å². The van der Waals surface area contributed by atoms with Crippen molar-refractivity contribution in [3.63, 3.8) is 0 Å². The second kappa shape index (κ2) is 8.29. The number of benzene rings is 2. The number of pyridine rings is 2. The van der Waals surface area contributed by atoms with Gasteiger partial charge < -0.3 is 10.3 Å². The summed E-state index contributed by atoms with van der Waals surface area (Å²) >= 11 is 0. The molecular weight excluding hydrogens is 424 g/mol. The maximum absolute atomic E-state index is 12.5. The summed E-state index contributed by atoms with van der Waals surface area (Å²) in [6.07, 6.45) is 7.37. The number of hydrogen-bond acceptors (Lipinski definition) is 4. The van der Waals surface area contributed by atoms with Gasteiger partial charge in [0, 0.05) is 40.4 Å². The van der Waals surface area contributed by atoms with Crippen molar-refractivity contribution in [2.45, 2.75) is 6.42 Å². The van der Waals surface area contributed by atoms with Crippen molar-refractivity contribution in [1.82, 2.24) is 25.1 Å². The third-order valence-electron chi connectivity index (χ3n) is 5.80. The first-order valence-corrected chi connectivity index (χ1v) is 10.9. The number of rotatable bonds is 5. The lowest BCUT2D eigenvalue weighted by Gasteiger charge is -2.08. The highest BCUT2D eigenvalue weighted by Gasteiger charge is 2.13. The number of amides is 1. The summed E-state index contributed by atoms with van der Waals surface area (Å²) in [5.74, 6) is -0.0778. The molecule has 0 aliphatic heterocycles. The fourth-order valence-electron chi connectivity index (χ4n) is 4.15. The molecule has 0 bridgehead atoms. The number of nitrogens with one attached hydrogen (secondary N) is 3. The molecule has 164 valence electrons. The molecule has 7 heteroatoms. The van der Waals surface area contributed by atoms with Crippen LogP contribution in [0.2, 0.25) is 0 Å². The van der Waals surface area contributed by atoms with Gasteiger partial charge in [0.05, 0.1) is 29.5 Å². The van der Waals surface area contributed by atoms with Gasteiger partial charge in [-0.15, -0.1) is 0 Å². The van der Waals surface area contributed by atoms with Gasteiger partial charge in [0.25, 0.3) is 0 Å². The molecule has 7 nitrogen and oxygen atoms in total. The molecule has 0 spiro atoms. The number of nitrogens with zero attached hydrogens (tertiary/aromatic N) is 3. The van der Waals surface area contributed by atoms with Gasteiger partial charge in [-0.3, -0.25) is 19.9 Å². The van der Waals surface area contributed by atoms with Gasteiger partial charge in [-0.1, -0.05) is 36.4 Å². The average Bonchev–Trinajstić information content (AvgIpc) is 3.48. The maximum atomic E-state index is 12.5. The SMILES string of the molecule is O=C(Cc1ccccc1)Nc1cncc(-c2ccc3[nH]nc(-c4cc5cnccc5[nH]4)c3c2)c1. The minimum Gasteiger partial charge on any atom is -0.353 e. The molecule has 4 heterocycles. The minimum atomic E-state index is -0.0778. The van der Waals surface area contributed by atoms with E-state index in [9.17, 15) is 4.79 Å². The number of aromatic nitrogens is 5. The predicted octanol–water partition coefficient (Wildman–Crippen LogP) is 5.35. The van der Waals surface area contributed by atoms with E-state index < -0.39 is 0 Å². The predicted molar refractivity (Wildman–Crippen MR) is 133 cm³/mol. The Labute approximate surface area is 194 Å².